The zero-order valence-electron chi connectivity index (χ0n) is 16.9. The summed E-state index contributed by atoms with van der Waals surface area (Å²) in [4.78, 5) is 22.4. The normalized spacial score (nSPS) is 13.3. The van der Waals surface area contributed by atoms with Crippen LogP contribution >= 0.6 is 0 Å². The average Bonchev–Trinajstić information content (AvgIpc) is 2.53. The molecule has 0 bridgehead atoms. The van der Waals surface area contributed by atoms with E-state index >= 15 is 0 Å². The van der Waals surface area contributed by atoms with E-state index in [9.17, 15) is 14.7 Å². The molecular formula is C21H34O4. The van der Waals surface area contributed by atoms with E-state index < -0.39 is 12.1 Å². The molecule has 1 aromatic carbocycles. The molecule has 1 aromatic rings. The number of hydrogen-bond donors (Lipinski definition) is 1. The number of carbonyl (C=O) groups is 2. The van der Waals surface area contributed by atoms with Gasteiger partial charge in [0.05, 0.1) is 6.10 Å². The number of aliphatic hydroxyl groups is 1. The lowest BCUT2D eigenvalue weighted by Crippen LogP contribution is -2.33. The van der Waals surface area contributed by atoms with Gasteiger partial charge in [-0.3, -0.25) is 4.79 Å². The van der Waals surface area contributed by atoms with E-state index in [4.69, 9.17) is 4.74 Å². The Balaban J connectivity index is 0.000000462. The molecule has 0 fully saturated rings. The molecule has 4 nitrogen and oxygen atoms in total. The fourth-order valence-corrected chi connectivity index (χ4v) is 2.20. The smallest absolute Gasteiger partial charge is 0.335 e. The maximum atomic E-state index is 11.2. The molecule has 0 aliphatic carbocycles. The van der Waals surface area contributed by atoms with Crippen LogP contribution in [-0.4, -0.2) is 29.1 Å². The molecule has 0 amide bonds. The Hall–Kier alpha value is -1.68. The summed E-state index contributed by atoms with van der Waals surface area (Å²) in [6.45, 7) is 15.1. The summed E-state index contributed by atoms with van der Waals surface area (Å²) in [6, 6.07) is 7.78. The van der Waals surface area contributed by atoms with Gasteiger partial charge >= 0.3 is 5.97 Å². The summed E-state index contributed by atoms with van der Waals surface area (Å²) in [5.74, 6) is 0.265. The van der Waals surface area contributed by atoms with E-state index in [0.29, 0.717) is 5.92 Å². The maximum Gasteiger partial charge on any atom is 0.335 e. The minimum Gasteiger partial charge on any atom is -0.461 e. The lowest BCUT2D eigenvalue weighted by Gasteiger charge is -2.21. The van der Waals surface area contributed by atoms with Crippen LogP contribution in [0.15, 0.2) is 24.3 Å². The summed E-state index contributed by atoms with van der Waals surface area (Å²) in [5, 5.41) is 9.53. The zero-order chi connectivity index (χ0) is 19.7. The van der Waals surface area contributed by atoms with Crippen LogP contribution in [0.25, 0.3) is 0 Å². The average molecular weight is 350 g/mol. The molecule has 0 aliphatic heterocycles. The van der Waals surface area contributed by atoms with Crippen LogP contribution in [-0.2, 0) is 9.53 Å². The molecular weight excluding hydrogens is 316 g/mol. The summed E-state index contributed by atoms with van der Waals surface area (Å²) in [6.07, 6.45) is -1.16. The molecule has 25 heavy (non-hydrogen) atoms. The van der Waals surface area contributed by atoms with Gasteiger partial charge in [-0.2, -0.15) is 0 Å². The Kier molecular flexibility index (Phi) is 10.3. The van der Waals surface area contributed by atoms with Crippen molar-refractivity contribution in [3.8, 4) is 0 Å². The fraction of sp³-hybridized carbons (Fsp3) is 0.619. The second-order valence-electron chi connectivity index (χ2n) is 7.33. The molecule has 142 valence electrons. The third-order valence-corrected chi connectivity index (χ3v) is 4.11. The minimum absolute atomic E-state index is 0.0637. The summed E-state index contributed by atoms with van der Waals surface area (Å²) in [7, 11) is 0. The van der Waals surface area contributed by atoms with E-state index in [1.54, 1.807) is 20.8 Å². The molecule has 1 rings (SSSR count). The zero-order valence-corrected chi connectivity index (χ0v) is 16.9. The van der Waals surface area contributed by atoms with Crippen molar-refractivity contribution in [1.82, 2.24) is 0 Å². The summed E-state index contributed by atoms with van der Waals surface area (Å²) < 4.78 is 4.89. The molecule has 0 saturated heterocycles. The number of ketones is 1. The van der Waals surface area contributed by atoms with E-state index in [0.717, 1.165) is 11.1 Å². The van der Waals surface area contributed by atoms with Crippen LogP contribution in [0.2, 0.25) is 0 Å². The number of Topliss-reactive ketones (excluding diaryl/α,β-unsaturated/α-hetero) is 1. The number of ether oxygens (including phenoxy) is 1. The third kappa shape index (κ3) is 8.30. The van der Waals surface area contributed by atoms with E-state index in [2.05, 4.69) is 13.8 Å². The largest absolute Gasteiger partial charge is 0.461 e. The van der Waals surface area contributed by atoms with Gasteiger partial charge in [0.1, 0.15) is 0 Å². The first-order valence-corrected chi connectivity index (χ1v) is 8.97. The van der Waals surface area contributed by atoms with Crippen LogP contribution in [0.5, 0.6) is 0 Å². The quantitative estimate of drug-likeness (QED) is 0.601. The Morgan fingerprint density at radius 1 is 0.960 bits per heavy atom. The minimum atomic E-state index is -0.998. The topological polar surface area (TPSA) is 63.6 Å². The van der Waals surface area contributed by atoms with Gasteiger partial charge < -0.3 is 9.84 Å². The van der Waals surface area contributed by atoms with Crippen molar-refractivity contribution >= 4 is 11.8 Å². The van der Waals surface area contributed by atoms with Crippen LogP contribution in [0.4, 0.5) is 0 Å². The summed E-state index contributed by atoms with van der Waals surface area (Å²) >= 11 is 0. The van der Waals surface area contributed by atoms with Gasteiger partial charge in [-0.25, -0.2) is 4.79 Å². The first-order valence-electron chi connectivity index (χ1n) is 8.97. The molecule has 2 unspecified atom stereocenters. The van der Waals surface area contributed by atoms with E-state index in [1.165, 1.54) is 0 Å². The van der Waals surface area contributed by atoms with Gasteiger partial charge in [-0.15, -0.1) is 0 Å². The number of hydrogen-bond acceptors (Lipinski definition) is 4. The first-order chi connectivity index (χ1) is 11.5. The molecule has 2 atom stereocenters. The lowest BCUT2D eigenvalue weighted by atomic mass is 9.92. The Bertz CT molecular complexity index is 547. The number of aliphatic hydroxyl groups excluding tert-OH is 1. The van der Waals surface area contributed by atoms with Crippen molar-refractivity contribution in [1.29, 1.82) is 0 Å². The molecule has 0 aliphatic rings. The number of carbonyl (C=O) groups excluding carboxylic acids is 2. The van der Waals surface area contributed by atoms with Crippen LogP contribution in [0.1, 0.15) is 77.2 Å². The van der Waals surface area contributed by atoms with Crippen molar-refractivity contribution in [2.24, 2.45) is 11.8 Å². The standard InChI is InChI=1S/C11H14O.C10H20O3/c1-8(2)10-6-4-5-7-11(10)9(3)12;1-6(2)8(5)9(11)10(12)13-7(3)4/h4-8H,1-3H3;6-9,11H,1-5H3. The second-order valence-corrected chi connectivity index (χ2v) is 7.33. The van der Waals surface area contributed by atoms with Gasteiger partial charge in [0.25, 0.3) is 0 Å². The van der Waals surface area contributed by atoms with E-state index in [1.807, 2.05) is 45.0 Å². The number of esters is 1. The second kappa shape index (κ2) is 11.0. The number of benzene rings is 1. The van der Waals surface area contributed by atoms with Crippen molar-refractivity contribution < 1.29 is 19.4 Å². The van der Waals surface area contributed by atoms with Crippen molar-refractivity contribution in [2.75, 3.05) is 0 Å². The van der Waals surface area contributed by atoms with E-state index in [-0.39, 0.29) is 23.7 Å². The monoisotopic (exact) mass is 350 g/mol. The van der Waals surface area contributed by atoms with Crippen molar-refractivity contribution in [2.45, 2.75) is 73.5 Å². The van der Waals surface area contributed by atoms with Crippen LogP contribution in [0, 0.1) is 11.8 Å². The van der Waals surface area contributed by atoms with Gasteiger partial charge in [-0.05, 0) is 44.1 Å². The molecule has 0 spiro atoms. The summed E-state index contributed by atoms with van der Waals surface area (Å²) in [5.41, 5.74) is 2.00. The highest BCUT2D eigenvalue weighted by Crippen LogP contribution is 2.19. The molecule has 0 saturated carbocycles. The molecule has 1 N–H and O–H groups in total. The van der Waals surface area contributed by atoms with Crippen LogP contribution in [0.3, 0.4) is 0 Å². The van der Waals surface area contributed by atoms with Gasteiger partial charge in [0.2, 0.25) is 0 Å². The molecule has 4 heteroatoms. The number of rotatable bonds is 6. The highest BCUT2D eigenvalue weighted by molar-refractivity contribution is 5.95. The Morgan fingerprint density at radius 3 is 1.84 bits per heavy atom. The molecule has 0 radical (unpaired) electrons. The predicted molar refractivity (Wildman–Crippen MR) is 102 cm³/mol. The van der Waals surface area contributed by atoms with Gasteiger partial charge in [0, 0.05) is 5.56 Å². The predicted octanol–water partition coefficient (Wildman–Crippen LogP) is 4.60. The van der Waals surface area contributed by atoms with Crippen molar-refractivity contribution in [3.05, 3.63) is 35.4 Å². The highest BCUT2D eigenvalue weighted by atomic mass is 16.6. The maximum absolute atomic E-state index is 11.2. The SMILES string of the molecule is CC(=O)c1ccccc1C(C)C.CC(C)OC(=O)C(O)C(C)C(C)C. The van der Waals surface area contributed by atoms with Crippen molar-refractivity contribution in [3.63, 3.8) is 0 Å². The fourth-order valence-electron chi connectivity index (χ4n) is 2.20. The first kappa shape index (κ1) is 23.3. The van der Waals surface area contributed by atoms with Gasteiger partial charge in [0.15, 0.2) is 11.9 Å². The van der Waals surface area contributed by atoms with Crippen LogP contribution < -0.4 is 0 Å². The molecule has 0 heterocycles. The third-order valence-electron chi connectivity index (χ3n) is 4.11. The molecule has 0 aromatic heterocycles. The van der Waals surface area contributed by atoms with Gasteiger partial charge in [-0.1, -0.05) is 58.9 Å². The Labute approximate surface area is 152 Å². The Morgan fingerprint density at radius 2 is 1.48 bits per heavy atom. The highest BCUT2D eigenvalue weighted by Gasteiger charge is 2.26. The lowest BCUT2D eigenvalue weighted by molar-refractivity contribution is -0.161.